The summed E-state index contributed by atoms with van der Waals surface area (Å²) >= 11 is 0. The molecule has 19 heavy (non-hydrogen) atoms. The summed E-state index contributed by atoms with van der Waals surface area (Å²) in [7, 11) is 0. The van der Waals surface area contributed by atoms with Gasteiger partial charge < -0.3 is 9.64 Å². The van der Waals surface area contributed by atoms with E-state index in [4.69, 9.17) is 4.74 Å². The molecule has 0 bridgehead atoms. The molecule has 3 nitrogen and oxygen atoms in total. The number of allylic oxidation sites excluding steroid dienone is 3. The fraction of sp³-hybridized carbons (Fsp3) is 0.188. The fourth-order valence-electron chi connectivity index (χ4n) is 2.07. The summed E-state index contributed by atoms with van der Waals surface area (Å²) in [5, 5.41) is 0. The Morgan fingerprint density at radius 3 is 2.58 bits per heavy atom. The Morgan fingerprint density at radius 1 is 1.32 bits per heavy atom. The average molecular weight is 255 g/mol. The second-order valence-corrected chi connectivity index (χ2v) is 4.26. The molecule has 0 saturated carbocycles. The van der Waals surface area contributed by atoms with Crippen molar-refractivity contribution in [2.75, 3.05) is 6.54 Å². The highest BCUT2D eigenvalue weighted by atomic mass is 16.5. The predicted molar refractivity (Wildman–Crippen MR) is 76.4 cm³/mol. The van der Waals surface area contributed by atoms with E-state index in [0.29, 0.717) is 5.75 Å². The number of ether oxygens (including phenoxy) is 1. The first kappa shape index (κ1) is 13.1. The Balaban J connectivity index is 2.26. The van der Waals surface area contributed by atoms with Crippen molar-refractivity contribution < 1.29 is 9.53 Å². The lowest BCUT2D eigenvalue weighted by Gasteiger charge is -2.28. The molecule has 0 aromatic heterocycles. The average Bonchev–Trinajstić information content (AvgIpc) is 2.38. The Labute approximate surface area is 113 Å². The van der Waals surface area contributed by atoms with Gasteiger partial charge in [0.15, 0.2) is 0 Å². The second kappa shape index (κ2) is 5.57. The third-order valence-corrected chi connectivity index (χ3v) is 2.91. The van der Waals surface area contributed by atoms with Gasteiger partial charge in [-0.15, -0.1) is 0 Å². The molecule has 0 radical (unpaired) electrons. The van der Waals surface area contributed by atoms with Crippen molar-refractivity contribution in [3.63, 3.8) is 0 Å². The molecule has 2 rings (SSSR count). The molecule has 0 saturated heterocycles. The highest BCUT2D eigenvalue weighted by Gasteiger charge is 2.14. The molecule has 0 unspecified atom stereocenters. The van der Waals surface area contributed by atoms with Crippen molar-refractivity contribution in [3.05, 3.63) is 60.3 Å². The summed E-state index contributed by atoms with van der Waals surface area (Å²) in [4.78, 5) is 13.0. The van der Waals surface area contributed by atoms with Crippen LogP contribution in [0.15, 0.2) is 54.8 Å². The molecular weight excluding hydrogens is 238 g/mol. The van der Waals surface area contributed by atoms with Gasteiger partial charge in [-0.25, -0.2) is 0 Å². The topological polar surface area (TPSA) is 29.5 Å². The molecule has 0 aliphatic carbocycles. The minimum Gasteiger partial charge on any atom is -0.427 e. The monoisotopic (exact) mass is 255 g/mol. The van der Waals surface area contributed by atoms with Crippen molar-refractivity contribution >= 4 is 11.7 Å². The largest absolute Gasteiger partial charge is 0.427 e. The van der Waals surface area contributed by atoms with Crippen LogP contribution in [-0.4, -0.2) is 17.4 Å². The first-order valence-corrected chi connectivity index (χ1v) is 6.25. The normalized spacial score (nSPS) is 14.3. The van der Waals surface area contributed by atoms with Crippen molar-refractivity contribution in [3.8, 4) is 5.75 Å². The number of carbonyl (C=O) groups is 1. The Kier molecular flexibility index (Phi) is 3.85. The van der Waals surface area contributed by atoms with Gasteiger partial charge in [0, 0.05) is 24.9 Å². The molecule has 0 amide bonds. The quantitative estimate of drug-likeness (QED) is 0.612. The van der Waals surface area contributed by atoms with E-state index in [0.717, 1.165) is 23.5 Å². The highest BCUT2D eigenvalue weighted by molar-refractivity contribution is 5.72. The number of nitrogens with zero attached hydrogens (tertiary/aromatic N) is 1. The molecule has 0 atom stereocenters. The standard InChI is InChI=1S/C16H17NO2/c1-4-17-12(2)6-5-7-16(17)14-8-10-15(11-9-14)19-13(3)18/h5-11H,2,4H2,1,3H3. The maximum Gasteiger partial charge on any atom is 0.308 e. The van der Waals surface area contributed by atoms with E-state index >= 15 is 0 Å². The molecule has 1 aliphatic heterocycles. The van der Waals surface area contributed by atoms with Crippen LogP contribution in [0.3, 0.4) is 0 Å². The molecule has 1 aromatic rings. The van der Waals surface area contributed by atoms with Crippen LogP contribution < -0.4 is 4.74 Å². The Bertz CT molecular complexity index is 553. The third kappa shape index (κ3) is 2.94. The van der Waals surface area contributed by atoms with Gasteiger partial charge in [0.25, 0.3) is 0 Å². The lowest BCUT2D eigenvalue weighted by atomic mass is 10.1. The number of carbonyl (C=O) groups excluding carboxylic acids is 1. The number of hydrogen-bond acceptors (Lipinski definition) is 3. The maximum atomic E-state index is 10.9. The Hall–Kier alpha value is -2.29. The molecule has 1 heterocycles. The van der Waals surface area contributed by atoms with Crippen LogP contribution in [-0.2, 0) is 4.79 Å². The summed E-state index contributed by atoms with van der Waals surface area (Å²) < 4.78 is 5.03. The van der Waals surface area contributed by atoms with Crippen molar-refractivity contribution in [2.45, 2.75) is 13.8 Å². The first-order chi connectivity index (χ1) is 9.11. The molecule has 1 aliphatic rings. The summed E-state index contributed by atoms with van der Waals surface area (Å²) in [5.41, 5.74) is 3.15. The van der Waals surface area contributed by atoms with E-state index in [9.17, 15) is 4.79 Å². The SMILES string of the molecule is C=C1C=CC=C(c2ccc(OC(C)=O)cc2)N1CC. The Morgan fingerprint density at radius 2 is 2.00 bits per heavy atom. The van der Waals surface area contributed by atoms with Gasteiger partial charge >= 0.3 is 5.97 Å². The number of esters is 1. The molecule has 98 valence electrons. The molecule has 0 N–H and O–H groups in total. The van der Waals surface area contributed by atoms with Crippen LogP contribution in [0.25, 0.3) is 5.70 Å². The molecule has 1 aromatic carbocycles. The predicted octanol–water partition coefficient (Wildman–Crippen LogP) is 3.36. The van der Waals surface area contributed by atoms with Crippen LogP contribution in [0.1, 0.15) is 19.4 Å². The van der Waals surface area contributed by atoms with Crippen molar-refractivity contribution in [1.29, 1.82) is 0 Å². The van der Waals surface area contributed by atoms with Gasteiger partial charge in [0.2, 0.25) is 0 Å². The summed E-state index contributed by atoms with van der Waals surface area (Å²) in [6, 6.07) is 7.48. The van der Waals surface area contributed by atoms with Crippen LogP contribution >= 0.6 is 0 Å². The summed E-state index contributed by atoms with van der Waals surface area (Å²) in [5.74, 6) is 0.251. The lowest BCUT2D eigenvalue weighted by molar-refractivity contribution is -0.131. The van der Waals surface area contributed by atoms with Gasteiger partial charge in [-0.1, -0.05) is 12.7 Å². The number of rotatable bonds is 3. The minimum absolute atomic E-state index is 0.309. The molecule has 0 spiro atoms. The lowest BCUT2D eigenvalue weighted by Crippen LogP contribution is -2.21. The summed E-state index contributed by atoms with van der Waals surface area (Å²) in [6.07, 6.45) is 6.03. The number of benzene rings is 1. The highest BCUT2D eigenvalue weighted by Crippen LogP contribution is 2.27. The van der Waals surface area contributed by atoms with Gasteiger partial charge in [-0.3, -0.25) is 4.79 Å². The fourth-order valence-corrected chi connectivity index (χ4v) is 2.07. The minimum atomic E-state index is -0.309. The smallest absolute Gasteiger partial charge is 0.308 e. The van der Waals surface area contributed by atoms with Crippen LogP contribution in [0.5, 0.6) is 5.75 Å². The van der Waals surface area contributed by atoms with E-state index in [1.807, 2.05) is 24.3 Å². The van der Waals surface area contributed by atoms with Gasteiger partial charge in [-0.05, 0) is 48.9 Å². The van der Waals surface area contributed by atoms with Gasteiger partial charge in [0.05, 0.1) is 0 Å². The van der Waals surface area contributed by atoms with Crippen molar-refractivity contribution in [1.82, 2.24) is 4.90 Å². The number of likely N-dealkylation sites (N-methyl/N-ethyl adjacent to an activating group) is 1. The van der Waals surface area contributed by atoms with Crippen LogP contribution in [0, 0.1) is 0 Å². The van der Waals surface area contributed by atoms with Crippen molar-refractivity contribution in [2.24, 2.45) is 0 Å². The van der Waals surface area contributed by atoms with E-state index < -0.39 is 0 Å². The molecule has 3 heteroatoms. The van der Waals surface area contributed by atoms with Gasteiger partial charge in [0.1, 0.15) is 5.75 Å². The van der Waals surface area contributed by atoms with E-state index in [1.165, 1.54) is 6.92 Å². The van der Waals surface area contributed by atoms with E-state index in [2.05, 4.69) is 24.5 Å². The van der Waals surface area contributed by atoms with Crippen LogP contribution in [0.2, 0.25) is 0 Å². The maximum absolute atomic E-state index is 10.9. The van der Waals surface area contributed by atoms with Gasteiger partial charge in [-0.2, -0.15) is 0 Å². The molecule has 0 fully saturated rings. The summed E-state index contributed by atoms with van der Waals surface area (Å²) in [6.45, 7) is 8.37. The zero-order valence-corrected chi connectivity index (χ0v) is 11.2. The first-order valence-electron chi connectivity index (χ1n) is 6.25. The van der Waals surface area contributed by atoms with E-state index in [1.54, 1.807) is 12.1 Å². The number of hydrogen-bond donors (Lipinski definition) is 0. The third-order valence-electron chi connectivity index (χ3n) is 2.91. The van der Waals surface area contributed by atoms with E-state index in [-0.39, 0.29) is 5.97 Å². The molecular formula is C16H17NO2. The zero-order valence-electron chi connectivity index (χ0n) is 11.2. The second-order valence-electron chi connectivity index (χ2n) is 4.26. The zero-order chi connectivity index (χ0) is 13.8. The van der Waals surface area contributed by atoms with Crippen LogP contribution in [0.4, 0.5) is 0 Å².